The smallest absolute Gasteiger partial charge is 0.130 e. The lowest BCUT2D eigenvalue weighted by atomic mass is 9.91. The van der Waals surface area contributed by atoms with E-state index in [-0.39, 0.29) is 5.84 Å². The Bertz CT molecular complexity index is 380. The first-order valence-electron chi connectivity index (χ1n) is 5.96. The fraction of sp³-hybridized carbons (Fsp3) is 0.500. The van der Waals surface area contributed by atoms with Crippen molar-refractivity contribution in [2.24, 2.45) is 11.1 Å². The number of ether oxygens (including phenoxy) is 1. The van der Waals surface area contributed by atoms with E-state index in [1.807, 2.05) is 18.2 Å². The number of hydrogen-bond donors (Lipinski definition) is 2. The maximum Gasteiger partial charge on any atom is 0.130 e. The minimum absolute atomic E-state index is 0.0522. The van der Waals surface area contributed by atoms with Gasteiger partial charge in [0.1, 0.15) is 11.6 Å². The van der Waals surface area contributed by atoms with Crippen molar-refractivity contribution in [3.8, 4) is 5.75 Å². The molecule has 3 heteroatoms. The van der Waals surface area contributed by atoms with Crippen LogP contribution in [0.5, 0.6) is 5.75 Å². The molecule has 17 heavy (non-hydrogen) atoms. The van der Waals surface area contributed by atoms with E-state index < -0.39 is 0 Å². The molecule has 0 saturated carbocycles. The zero-order chi connectivity index (χ0) is 12.9. The standard InChI is InChI=1S/C14H22N2O/c1-14(2,3)9-6-10-17-12-8-5-4-7-11(12)13(15)16/h4-5,7-8H,6,9-10H2,1-3H3,(H3,15,16). The van der Waals surface area contributed by atoms with Gasteiger partial charge in [-0.3, -0.25) is 5.41 Å². The third kappa shape index (κ3) is 4.89. The van der Waals surface area contributed by atoms with Crippen molar-refractivity contribution in [1.82, 2.24) is 0 Å². The van der Waals surface area contributed by atoms with Gasteiger partial charge in [0.25, 0.3) is 0 Å². The lowest BCUT2D eigenvalue weighted by Crippen LogP contribution is -2.14. The molecule has 0 aliphatic carbocycles. The summed E-state index contributed by atoms with van der Waals surface area (Å²) in [5, 5.41) is 7.45. The number of rotatable bonds is 5. The van der Waals surface area contributed by atoms with Crippen LogP contribution in [-0.4, -0.2) is 12.4 Å². The number of hydrogen-bond acceptors (Lipinski definition) is 2. The Balaban J connectivity index is 2.49. The maximum atomic E-state index is 7.45. The van der Waals surface area contributed by atoms with Gasteiger partial charge in [-0.1, -0.05) is 32.9 Å². The quantitative estimate of drug-likeness (QED) is 0.467. The van der Waals surface area contributed by atoms with Crippen LogP contribution in [0, 0.1) is 10.8 Å². The van der Waals surface area contributed by atoms with E-state index in [4.69, 9.17) is 15.9 Å². The number of amidine groups is 1. The summed E-state index contributed by atoms with van der Waals surface area (Å²) in [5.41, 5.74) is 6.50. The molecule has 0 aliphatic rings. The Hall–Kier alpha value is -1.51. The zero-order valence-electron chi connectivity index (χ0n) is 10.9. The lowest BCUT2D eigenvalue weighted by molar-refractivity contribution is 0.269. The van der Waals surface area contributed by atoms with E-state index in [0.717, 1.165) is 12.8 Å². The molecule has 0 atom stereocenters. The average Bonchev–Trinajstić information content (AvgIpc) is 2.23. The summed E-state index contributed by atoms with van der Waals surface area (Å²) in [5.74, 6) is 0.755. The van der Waals surface area contributed by atoms with Crippen LogP contribution in [0.2, 0.25) is 0 Å². The molecule has 3 N–H and O–H groups in total. The highest BCUT2D eigenvalue weighted by molar-refractivity contribution is 5.97. The van der Waals surface area contributed by atoms with Crippen molar-refractivity contribution in [1.29, 1.82) is 5.41 Å². The second-order valence-electron chi connectivity index (χ2n) is 5.42. The Morgan fingerprint density at radius 1 is 1.29 bits per heavy atom. The van der Waals surface area contributed by atoms with Crippen LogP contribution >= 0.6 is 0 Å². The molecule has 1 aromatic rings. The molecule has 0 unspecified atom stereocenters. The summed E-state index contributed by atoms with van der Waals surface area (Å²) in [4.78, 5) is 0. The summed E-state index contributed by atoms with van der Waals surface area (Å²) < 4.78 is 5.67. The molecule has 94 valence electrons. The van der Waals surface area contributed by atoms with Crippen molar-refractivity contribution < 1.29 is 4.74 Å². The Morgan fingerprint density at radius 3 is 2.53 bits per heavy atom. The van der Waals surface area contributed by atoms with Crippen molar-refractivity contribution in [2.75, 3.05) is 6.61 Å². The second-order valence-corrected chi connectivity index (χ2v) is 5.42. The molecule has 1 rings (SSSR count). The summed E-state index contributed by atoms with van der Waals surface area (Å²) in [6, 6.07) is 7.42. The summed E-state index contributed by atoms with van der Waals surface area (Å²) in [6.07, 6.45) is 2.13. The molecule has 0 radical (unpaired) electrons. The van der Waals surface area contributed by atoms with Crippen molar-refractivity contribution >= 4 is 5.84 Å². The summed E-state index contributed by atoms with van der Waals surface area (Å²) in [6.45, 7) is 7.32. The van der Waals surface area contributed by atoms with Gasteiger partial charge in [0.15, 0.2) is 0 Å². The van der Waals surface area contributed by atoms with Crippen LogP contribution in [0.15, 0.2) is 24.3 Å². The number of para-hydroxylation sites is 1. The highest BCUT2D eigenvalue weighted by Gasteiger charge is 2.10. The maximum absolute atomic E-state index is 7.45. The molecule has 1 aromatic carbocycles. The van der Waals surface area contributed by atoms with E-state index in [1.54, 1.807) is 6.07 Å². The molecule has 3 nitrogen and oxygen atoms in total. The minimum atomic E-state index is 0.0522. The van der Waals surface area contributed by atoms with Gasteiger partial charge in [-0.15, -0.1) is 0 Å². The summed E-state index contributed by atoms with van der Waals surface area (Å²) in [7, 11) is 0. The average molecular weight is 234 g/mol. The van der Waals surface area contributed by atoms with Crippen LogP contribution in [0.25, 0.3) is 0 Å². The highest BCUT2D eigenvalue weighted by Crippen LogP contribution is 2.22. The van der Waals surface area contributed by atoms with Crippen molar-refractivity contribution in [3.63, 3.8) is 0 Å². The van der Waals surface area contributed by atoms with Crippen LogP contribution in [-0.2, 0) is 0 Å². The van der Waals surface area contributed by atoms with E-state index in [9.17, 15) is 0 Å². The Morgan fingerprint density at radius 2 is 1.94 bits per heavy atom. The molecular weight excluding hydrogens is 212 g/mol. The fourth-order valence-corrected chi connectivity index (χ4v) is 1.60. The molecule has 0 heterocycles. The van der Waals surface area contributed by atoms with Crippen molar-refractivity contribution in [3.05, 3.63) is 29.8 Å². The second kappa shape index (κ2) is 5.71. The molecule has 0 amide bonds. The molecule has 0 bridgehead atoms. The van der Waals surface area contributed by atoms with Gasteiger partial charge in [0.05, 0.1) is 12.2 Å². The number of nitrogens with two attached hydrogens (primary N) is 1. The lowest BCUT2D eigenvalue weighted by Gasteiger charge is -2.18. The van der Waals surface area contributed by atoms with Crippen LogP contribution < -0.4 is 10.5 Å². The van der Waals surface area contributed by atoms with Crippen LogP contribution in [0.3, 0.4) is 0 Å². The normalized spacial score (nSPS) is 11.2. The van der Waals surface area contributed by atoms with E-state index in [1.165, 1.54) is 0 Å². The largest absolute Gasteiger partial charge is 0.493 e. The predicted octanol–water partition coefficient (Wildman–Crippen LogP) is 3.18. The van der Waals surface area contributed by atoms with E-state index in [2.05, 4.69) is 20.8 Å². The van der Waals surface area contributed by atoms with Gasteiger partial charge < -0.3 is 10.5 Å². The van der Waals surface area contributed by atoms with Gasteiger partial charge in [-0.25, -0.2) is 0 Å². The van der Waals surface area contributed by atoms with Gasteiger partial charge >= 0.3 is 0 Å². The highest BCUT2D eigenvalue weighted by atomic mass is 16.5. The third-order valence-electron chi connectivity index (χ3n) is 2.51. The molecular formula is C14H22N2O. The minimum Gasteiger partial charge on any atom is -0.493 e. The first-order chi connectivity index (χ1) is 7.90. The van der Waals surface area contributed by atoms with E-state index >= 15 is 0 Å². The first-order valence-corrected chi connectivity index (χ1v) is 5.96. The molecule has 0 saturated heterocycles. The van der Waals surface area contributed by atoms with E-state index in [0.29, 0.717) is 23.3 Å². The Labute approximate surface area is 103 Å². The SMILES string of the molecule is CC(C)(C)CCCOc1ccccc1C(=N)N. The van der Waals surface area contributed by atoms with Crippen LogP contribution in [0.1, 0.15) is 39.2 Å². The Kier molecular flexibility index (Phi) is 4.55. The van der Waals surface area contributed by atoms with Gasteiger partial charge in [0.2, 0.25) is 0 Å². The van der Waals surface area contributed by atoms with Crippen molar-refractivity contribution in [2.45, 2.75) is 33.6 Å². The van der Waals surface area contributed by atoms with Gasteiger partial charge in [-0.2, -0.15) is 0 Å². The number of benzene rings is 1. The molecule has 0 aromatic heterocycles. The first kappa shape index (κ1) is 13.6. The van der Waals surface area contributed by atoms with Crippen LogP contribution in [0.4, 0.5) is 0 Å². The number of nitrogen functional groups attached to an aromatic ring is 1. The monoisotopic (exact) mass is 234 g/mol. The zero-order valence-corrected chi connectivity index (χ0v) is 10.9. The van der Waals surface area contributed by atoms with Gasteiger partial charge in [0, 0.05) is 0 Å². The third-order valence-corrected chi connectivity index (χ3v) is 2.51. The molecule has 0 spiro atoms. The molecule has 0 fully saturated rings. The van der Waals surface area contributed by atoms with Gasteiger partial charge in [-0.05, 0) is 30.4 Å². The predicted molar refractivity (Wildman–Crippen MR) is 71.6 cm³/mol. The number of nitrogens with one attached hydrogen (secondary N) is 1. The molecule has 0 aliphatic heterocycles. The summed E-state index contributed by atoms with van der Waals surface area (Å²) >= 11 is 0. The fourth-order valence-electron chi connectivity index (χ4n) is 1.60. The topological polar surface area (TPSA) is 59.1 Å².